The Morgan fingerprint density at radius 2 is 1.88 bits per heavy atom. The Balaban J connectivity index is 1.97. The van der Waals surface area contributed by atoms with Crippen molar-refractivity contribution in [2.45, 2.75) is 12.5 Å². The summed E-state index contributed by atoms with van der Waals surface area (Å²) in [6, 6.07) is 8.24. The number of morpholine rings is 1. The molecule has 4 heteroatoms. The molecule has 1 fully saturated rings. The van der Waals surface area contributed by atoms with E-state index < -0.39 is 0 Å². The number of anilines is 1. The van der Waals surface area contributed by atoms with Gasteiger partial charge in [-0.3, -0.25) is 0 Å². The maximum Gasteiger partial charge on any atom is 0.0642 e. The van der Waals surface area contributed by atoms with Crippen molar-refractivity contribution < 1.29 is 9.84 Å². The van der Waals surface area contributed by atoms with E-state index in [-0.39, 0.29) is 12.6 Å². The highest BCUT2D eigenvalue weighted by Crippen LogP contribution is 2.17. The van der Waals surface area contributed by atoms with Crippen LogP contribution >= 0.6 is 0 Å². The molecule has 1 unspecified atom stereocenters. The lowest BCUT2D eigenvalue weighted by Crippen LogP contribution is -2.36. The predicted molar refractivity (Wildman–Crippen MR) is 68.2 cm³/mol. The van der Waals surface area contributed by atoms with Gasteiger partial charge in [-0.05, 0) is 24.1 Å². The van der Waals surface area contributed by atoms with Crippen LogP contribution in [0, 0.1) is 0 Å². The van der Waals surface area contributed by atoms with Gasteiger partial charge < -0.3 is 20.5 Å². The lowest BCUT2D eigenvalue weighted by molar-refractivity contribution is 0.122. The van der Waals surface area contributed by atoms with Crippen LogP contribution in [0.5, 0.6) is 0 Å². The first kappa shape index (κ1) is 12.4. The molecular formula is C13H20N2O2. The van der Waals surface area contributed by atoms with E-state index in [2.05, 4.69) is 29.2 Å². The van der Waals surface area contributed by atoms with Crippen LogP contribution < -0.4 is 10.6 Å². The number of ether oxygens (including phenoxy) is 1. The van der Waals surface area contributed by atoms with Crippen molar-refractivity contribution in [3.05, 3.63) is 29.8 Å². The van der Waals surface area contributed by atoms with Crippen LogP contribution in [-0.4, -0.2) is 44.1 Å². The molecule has 0 radical (unpaired) electrons. The van der Waals surface area contributed by atoms with Gasteiger partial charge in [-0.1, -0.05) is 12.1 Å². The van der Waals surface area contributed by atoms with Crippen LogP contribution in [0.4, 0.5) is 5.69 Å². The molecule has 17 heavy (non-hydrogen) atoms. The molecule has 1 aromatic carbocycles. The zero-order valence-electron chi connectivity index (χ0n) is 10.0. The highest BCUT2D eigenvalue weighted by atomic mass is 16.5. The van der Waals surface area contributed by atoms with Crippen LogP contribution in [-0.2, 0) is 11.2 Å². The van der Waals surface area contributed by atoms with Crippen LogP contribution in [0.3, 0.4) is 0 Å². The highest BCUT2D eigenvalue weighted by Gasteiger charge is 2.11. The number of nitrogens with two attached hydrogens (primary N) is 1. The Kier molecular flexibility index (Phi) is 4.36. The summed E-state index contributed by atoms with van der Waals surface area (Å²) in [6.45, 7) is 3.55. The fourth-order valence-electron chi connectivity index (χ4n) is 2.03. The molecule has 0 spiro atoms. The van der Waals surface area contributed by atoms with E-state index in [0.717, 1.165) is 32.7 Å². The first-order chi connectivity index (χ1) is 8.29. The molecule has 94 valence electrons. The number of rotatable bonds is 4. The van der Waals surface area contributed by atoms with Gasteiger partial charge >= 0.3 is 0 Å². The fourth-order valence-corrected chi connectivity index (χ4v) is 2.03. The van der Waals surface area contributed by atoms with Gasteiger partial charge in [-0.15, -0.1) is 0 Å². The van der Waals surface area contributed by atoms with Gasteiger partial charge in [0.2, 0.25) is 0 Å². The third-order valence-electron chi connectivity index (χ3n) is 3.04. The summed E-state index contributed by atoms with van der Waals surface area (Å²) in [5, 5.41) is 8.91. The zero-order chi connectivity index (χ0) is 12.1. The second-order valence-electron chi connectivity index (χ2n) is 4.41. The summed E-state index contributed by atoms with van der Waals surface area (Å²) < 4.78 is 5.33. The number of hydrogen-bond donors (Lipinski definition) is 2. The van der Waals surface area contributed by atoms with Crippen molar-refractivity contribution in [2.24, 2.45) is 5.73 Å². The van der Waals surface area contributed by atoms with E-state index in [1.54, 1.807) is 0 Å². The number of hydrogen-bond acceptors (Lipinski definition) is 4. The Hall–Kier alpha value is -1.10. The van der Waals surface area contributed by atoms with Crippen LogP contribution in [0.2, 0.25) is 0 Å². The Labute approximate surface area is 102 Å². The van der Waals surface area contributed by atoms with E-state index in [0.29, 0.717) is 0 Å². The summed E-state index contributed by atoms with van der Waals surface area (Å²) in [7, 11) is 0. The number of nitrogens with zero attached hydrogens (tertiary/aromatic N) is 1. The molecule has 0 saturated carbocycles. The van der Waals surface area contributed by atoms with Gasteiger partial charge in [-0.25, -0.2) is 0 Å². The Morgan fingerprint density at radius 1 is 1.24 bits per heavy atom. The summed E-state index contributed by atoms with van der Waals surface area (Å²) in [5.74, 6) is 0. The zero-order valence-corrected chi connectivity index (χ0v) is 10.0. The Morgan fingerprint density at radius 3 is 2.47 bits per heavy atom. The molecule has 1 aliphatic rings. The molecule has 0 aromatic heterocycles. The molecule has 1 saturated heterocycles. The highest BCUT2D eigenvalue weighted by molar-refractivity contribution is 5.48. The Bertz CT molecular complexity index is 334. The van der Waals surface area contributed by atoms with Gasteiger partial charge in [0.15, 0.2) is 0 Å². The number of benzene rings is 1. The molecule has 1 heterocycles. The van der Waals surface area contributed by atoms with Crippen LogP contribution in [0.15, 0.2) is 24.3 Å². The molecule has 0 aliphatic carbocycles. The molecule has 4 nitrogen and oxygen atoms in total. The summed E-state index contributed by atoms with van der Waals surface area (Å²) in [4.78, 5) is 2.32. The third-order valence-corrected chi connectivity index (χ3v) is 3.04. The summed E-state index contributed by atoms with van der Waals surface area (Å²) >= 11 is 0. The molecule has 3 N–H and O–H groups in total. The number of aliphatic hydroxyl groups excluding tert-OH is 1. The molecule has 1 atom stereocenters. The largest absolute Gasteiger partial charge is 0.395 e. The molecular weight excluding hydrogens is 216 g/mol. The topological polar surface area (TPSA) is 58.7 Å². The average Bonchev–Trinajstić information content (AvgIpc) is 2.40. The molecule has 1 aliphatic heterocycles. The quantitative estimate of drug-likeness (QED) is 0.794. The third kappa shape index (κ3) is 3.43. The first-order valence-electron chi connectivity index (χ1n) is 6.07. The van der Waals surface area contributed by atoms with Crippen molar-refractivity contribution in [3.8, 4) is 0 Å². The number of aliphatic hydroxyl groups is 1. The molecule has 2 rings (SSSR count). The van der Waals surface area contributed by atoms with Crippen molar-refractivity contribution in [1.82, 2.24) is 0 Å². The lowest BCUT2D eigenvalue weighted by Gasteiger charge is -2.29. The molecule has 0 amide bonds. The standard InChI is InChI=1S/C13H20N2O2/c14-12(10-16)9-11-1-3-13(4-2-11)15-5-7-17-8-6-15/h1-4,12,16H,5-10,14H2. The van der Waals surface area contributed by atoms with Gasteiger partial charge in [0.25, 0.3) is 0 Å². The van der Waals surface area contributed by atoms with Gasteiger partial charge in [0.1, 0.15) is 0 Å². The minimum Gasteiger partial charge on any atom is -0.395 e. The summed E-state index contributed by atoms with van der Waals surface area (Å²) in [5.41, 5.74) is 8.11. The maximum atomic E-state index is 8.91. The van der Waals surface area contributed by atoms with Crippen molar-refractivity contribution in [2.75, 3.05) is 37.8 Å². The maximum absolute atomic E-state index is 8.91. The lowest BCUT2D eigenvalue weighted by atomic mass is 10.1. The van der Waals surface area contributed by atoms with Gasteiger partial charge in [0, 0.05) is 24.8 Å². The second kappa shape index (κ2) is 6.00. The van der Waals surface area contributed by atoms with Crippen LogP contribution in [0.25, 0.3) is 0 Å². The SMILES string of the molecule is NC(CO)Cc1ccc(N2CCOCC2)cc1. The smallest absolute Gasteiger partial charge is 0.0642 e. The van der Waals surface area contributed by atoms with E-state index in [1.807, 2.05) is 0 Å². The predicted octanol–water partition coefficient (Wildman–Crippen LogP) is 0.385. The van der Waals surface area contributed by atoms with E-state index >= 15 is 0 Å². The van der Waals surface area contributed by atoms with Gasteiger partial charge in [0.05, 0.1) is 19.8 Å². The van der Waals surface area contributed by atoms with E-state index in [1.165, 1.54) is 11.3 Å². The van der Waals surface area contributed by atoms with Gasteiger partial charge in [-0.2, -0.15) is 0 Å². The van der Waals surface area contributed by atoms with E-state index in [4.69, 9.17) is 15.6 Å². The normalized spacial score (nSPS) is 18.1. The minimum absolute atomic E-state index is 0.0330. The van der Waals surface area contributed by atoms with Crippen LogP contribution in [0.1, 0.15) is 5.56 Å². The fraction of sp³-hybridized carbons (Fsp3) is 0.538. The van der Waals surface area contributed by atoms with Crippen molar-refractivity contribution in [1.29, 1.82) is 0 Å². The second-order valence-corrected chi connectivity index (χ2v) is 4.41. The minimum atomic E-state index is -0.163. The molecule has 1 aromatic rings. The average molecular weight is 236 g/mol. The molecule has 0 bridgehead atoms. The van der Waals surface area contributed by atoms with E-state index in [9.17, 15) is 0 Å². The van der Waals surface area contributed by atoms with Crippen molar-refractivity contribution >= 4 is 5.69 Å². The van der Waals surface area contributed by atoms with Crippen molar-refractivity contribution in [3.63, 3.8) is 0 Å². The summed E-state index contributed by atoms with van der Waals surface area (Å²) in [6.07, 6.45) is 0.722. The first-order valence-corrected chi connectivity index (χ1v) is 6.07. The monoisotopic (exact) mass is 236 g/mol.